The molecule has 1 aliphatic carbocycles. The fourth-order valence-corrected chi connectivity index (χ4v) is 2.58. The number of nitrogens with two attached hydrogens (primary N) is 1. The third-order valence-electron chi connectivity index (χ3n) is 3.96. The lowest BCUT2D eigenvalue weighted by atomic mass is 10.1. The van der Waals surface area contributed by atoms with E-state index in [0.717, 1.165) is 36.4 Å². The van der Waals surface area contributed by atoms with Gasteiger partial charge in [-0.2, -0.15) is 0 Å². The Kier molecular flexibility index (Phi) is 5.06. The first-order valence-electron chi connectivity index (χ1n) is 7.70. The fraction of sp³-hybridized carbons (Fsp3) is 0.750. The van der Waals surface area contributed by atoms with Gasteiger partial charge in [-0.15, -0.1) is 0 Å². The standard InChI is InChI=1S/C16H28N2O/c1-4-14-7-8-16(19-14)15(11-17)18(13-5-6-13)10-9-12(2)3/h7-8,12-13,15H,4-6,9-11,17H2,1-3H3. The lowest BCUT2D eigenvalue weighted by Crippen LogP contribution is -2.36. The van der Waals surface area contributed by atoms with Crippen molar-refractivity contribution in [2.45, 2.75) is 58.5 Å². The van der Waals surface area contributed by atoms with Gasteiger partial charge in [0.05, 0.1) is 6.04 Å². The normalized spacial score (nSPS) is 17.4. The Morgan fingerprint density at radius 2 is 2.11 bits per heavy atom. The maximum Gasteiger partial charge on any atom is 0.122 e. The first kappa shape index (κ1) is 14.6. The average molecular weight is 264 g/mol. The minimum Gasteiger partial charge on any atom is -0.464 e. The highest BCUT2D eigenvalue weighted by Gasteiger charge is 2.35. The van der Waals surface area contributed by atoms with Gasteiger partial charge in [0.25, 0.3) is 0 Å². The van der Waals surface area contributed by atoms with E-state index in [0.29, 0.717) is 6.54 Å². The average Bonchev–Trinajstić information content (AvgIpc) is 3.12. The van der Waals surface area contributed by atoms with Crippen LogP contribution in [0.2, 0.25) is 0 Å². The second kappa shape index (κ2) is 6.58. The highest BCUT2D eigenvalue weighted by molar-refractivity contribution is 5.12. The smallest absolute Gasteiger partial charge is 0.122 e. The van der Waals surface area contributed by atoms with Crippen molar-refractivity contribution in [3.8, 4) is 0 Å². The SMILES string of the molecule is CCc1ccc(C(CN)N(CCC(C)C)C2CC2)o1. The molecule has 1 aliphatic rings. The topological polar surface area (TPSA) is 42.4 Å². The Labute approximate surface area is 117 Å². The van der Waals surface area contributed by atoms with Crippen molar-refractivity contribution in [2.24, 2.45) is 11.7 Å². The molecule has 3 nitrogen and oxygen atoms in total. The summed E-state index contributed by atoms with van der Waals surface area (Å²) >= 11 is 0. The van der Waals surface area contributed by atoms with Gasteiger partial charge in [-0.1, -0.05) is 20.8 Å². The molecule has 0 saturated heterocycles. The van der Waals surface area contributed by atoms with Crippen LogP contribution < -0.4 is 5.73 Å². The Hall–Kier alpha value is -0.800. The molecule has 3 heteroatoms. The Morgan fingerprint density at radius 1 is 1.37 bits per heavy atom. The van der Waals surface area contributed by atoms with Crippen molar-refractivity contribution in [1.82, 2.24) is 4.90 Å². The van der Waals surface area contributed by atoms with E-state index in [1.165, 1.54) is 19.3 Å². The van der Waals surface area contributed by atoms with Gasteiger partial charge in [0.1, 0.15) is 11.5 Å². The van der Waals surface area contributed by atoms with Crippen LogP contribution in [0.15, 0.2) is 16.5 Å². The Morgan fingerprint density at radius 3 is 2.58 bits per heavy atom. The summed E-state index contributed by atoms with van der Waals surface area (Å²) in [6, 6.07) is 5.18. The number of furan rings is 1. The number of rotatable bonds is 8. The molecule has 2 N–H and O–H groups in total. The zero-order chi connectivity index (χ0) is 13.8. The quantitative estimate of drug-likeness (QED) is 0.783. The molecule has 1 saturated carbocycles. The summed E-state index contributed by atoms with van der Waals surface area (Å²) in [5.41, 5.74) is 6.03. The molecule has 0 bridgehead atoms. The molecule has 2 rings (SSSR count). The van der Waals surface area contributed by atoms with Crippen LogP contribution in [0.4, 0.5) is 0 Å². The zero-order valence-corrected chi connectivity index (χ0v) is 12.6. The number of aryl methyl sites for hydroxylation is 1. The molecule has 19 heavy (non-hydrogen) atoms. The van der Waals surface area contributed by atoms with Crippen LogP contribution in [0.3, 0.4) is 0 Å². The van der Waals surface area contributed by atoms with Crippen molar-refractivity contribution in [3.63, 3.8) is 0 Å². The van der Waals surface area contributed by atoms with Crippen molar-refractivity contribution in [2.75, 3.05) is 13.1 Å². The second-order valence-corrected chi connectivity index (χ2v) is 6.06. The van der Waals surface area contributed by atoms with Gasteiger partial charge < -0.3 is 10.2 Å². The highest BCUT2D eigenvalue weighted by Crippen LogP contribution is 2.35. The minimum absolute atomic E-state index is 0.256. The van der Waals surface area contributed by atoms with E-state index in [9.17, 15) is 0 Å². The molecule has 0 radical (unpaired) electrons. The van der Waals surface area contributed by atoms with E-state index in [2.05, 4.69) is 37.8 Å². The van der Waals surface area contributed by atoms with Crippen LogP contribution >= 0.6 is 0 Å². The third kappa shape index (κ3) is 3.83. The predicted molar refractivity (Wildman–Crippen MR) is 79.1 cm³/mol. The maximum atomic E-state index is 6.03. The molecule has 108 valence electrons. The first-order chi connectivity index (χ1) is 9.15. The van der Waals surface area contributed by atoms with E-state index in [1.807, 2.05) is 0 Å². The summed E-state index contributed by atoms with van der Waals surface area (Å²) in [5, 5.41) is 0. The molecule has 1 fully saturated rings. The minimum atomic E-state index is 0.256. The Balaban J connectivity index is 2.07. The number of nitrogens with zero attached hydrogens (tertiary/aromatic N) is 1. The largest absolute Gasteiger partial charge is 0.464 e. The predicted octanol–water partition coefficient (Wildman–Crippen LogP) is 3.35. The van der Waals surface area contributed by atoms with Crippen molar-refractivity contribution < 1.29 is 4.42 Å². The molecule has 0 amide bonds. The summed E-state index contributed by atoms with van der Waals surface area (Å²) in [5.74, 6) is 2.85. The number of hydrogen-bond acceptors (Lipinski definition) is 3. The molecule has 1 aromatic rings. The van der Waals surface area contributed by atoms with E-state index in [-0.39, 0.29) is 6.04 Å². The highest BCUT2D eigenvalue weighted by atomic mass is 16.3. The van der Waals surface area contributed by atoms with Gasteiger partial charge in [0.15, 0.2) is 0 Å². The van der Waals surface area contributed by atoms with Crippen molar-refractivity contribution in [3.05, 3.63) is 23.7 Å². The lowest BCUT2D eigenvalue weighted by Gasteiger charge is -2.30. The summed E-state index contributed by atoms with van der Waals surface area (Å²) < 4.78 is 5.93. The maximum absolute atomic E-state index is 6.03. The summed E-state index contributed by atoms with van der Waals surface area (Å²) in [7, 11) is 0. The third-order valence-corrected chi connectivity index (χ3v) is 3.96. The van der Waals surface area contributed by atoms with Crippen LogP contribution in [0.1, 0.15) is 57.6 Å². The second-order valence-electron chi connectivity index (χ2n) is 6.06. The molecule has 0 aromatic carbocycles. The van der Waals surface area contributed by atoms with Gasteiger partial charge in [0.2, 0.25) is 0 Å². The van der Waals surface area contributed by atoms with Gasteiger partial charge in [-0.25, -0.2) is 0 Å². The molecule has 1 unspecified atom stereocenters. The van der Waals surface area contributed by atoms with E-state index < -0.39 is 0 Å². The van der Waals surface area contributed by atoms with Crippen LogP contribution in [-0.2, 0) is 6.42 Å². The summed E-state index contributed by atoms with van der Waals surface area (Å²) in [4.78, 5) is 2.57. The molecule has 0 spiro atoms. The van der Waals surface area contributed by atoms with Gasteiger partial charge in [0, 0.05) is 19.0 Å². The first-order valence-corrected chi connectivity index (χ1v) is 7.70. The van der Waals surface area contributed by atoms with Gasteiger partial charge >= 0.3 is 0 Å². The summed E-state index contributed by atoms with van der Waals surface area (Å²) in [6.07, 6.45) is 4.81. The molecule has 0 aliphatic heterocycles. The van der Waals surface area contributed by atoms with Crippen LogP contribution in [0.25, 0.3) is 0 Å². The monoisotopic (exact) mass is 264 g/mol. The molecule has 1 aromatic heterocycles. The summed E-state index contributed by atoms with van der Waals surface area (Å²) in [6.45, 7) is 8.46. The fourth-order valence-electron chi connectivity index (χ4n) is 2.58. The van der Waals surface area contributed by atoms with Crippen LogP contribution in [0.5, 0.6) is 0 Å². The van der Waals surface area contributed by atoms with Crippen molar-refractivity contribution >= 4 is 0 Å². The molecular weight excluding hydrogens is 236 g/mol. The van der Waals surface area contributed by atoms with Crippen LogP contribution in [0, 0.1) is 5.92 Å². The van der Waals surface area contributed by atoms with E-state index in [4.69, 9.17) is 10.2 Å². The van der Waals surface area contributed by atoms with E-state index in [1.54, 1.807) is 0 Å². The van der Waals surface area contributed by atoms with Crippen molar-refractivity contribution in [1.29, 1.82) is 0 Å². The molecule has 1 heterocycles. The van der Waals surface area contributed by atoms with E-state index >= 15 is 0 Å². The van der Waals surface area contributed by atoms with Gasteiger partial charge in [-0.05, 0) is 43.9 Å². The molecular formula is C16H28N2O. The van der Waals surface area contributed by atoms with Gasteiger partial charge in [-0.3, -0.25) is 4.90 Å². The Bertz CT molecular complexity index is 382. The zero-order valence-electron chi connectivity index (χ0n) is 12.6. The molecule has 1 atom stereocenters. The number of hydrogen-bond donors (Lipinski definition) is 1. The van der Waals surface area contributed by atoms with Crippen LogP contribution in [-0.4, -0.2) is 24.0 Å². The lowest BCUT2D eigenvalue weighted by molar-refractivity contribution is 0.159.